The molecule has 1 amide bonds. The molecule has 0 atom stereocenters. The van der Waals surface area contributed by atoms with E-state index in [4.69, 9.17) is 14.2 Å². The molecular formula is C18H17N3O5. The summed E-state index contributed by atoms with van der Waals surface area (Å²) in [5, 5.41) is 18.2. The van der Waals surface area contributed by atoms with Gasteiger partial charge in [-0.25, -0.2) is 0 Å². The van der Waals surface area contributed by atoms with Gasteiger partial charge in [-0.05, 0) is 18.2 Å². The number of nitrogens with one attached hydrogen (secondary N) is 1. The van der Waals surface area contributed by atoms with Crippen LogP contribution in [0, 0.1) is 0 Å². The number of azo groups is 1. The van der Waals surface area contributed by atoms with Crippen LogP contribution in [0.4, 0.5) is 5.69 Å². The standard InChI is InChI=1S/C18H17N3O5/c1-24-13-8-10(9-14(25-2)16(13)26-3)17(22)21-20-15-11-6-4-5-7-12(11)19-18(15)23/h4-9,19,23H,1-3H3. The Morgan fingerprint density at radius 2 is 1.69 bits per heavy atom. The van der Waals surface area contributed by atoms with E-state index in [1.165, 1.54) is 33.5 Å². The zero-order valence-corrected chi connectivity index (χ0v) is 14.4. The van der Waals surface area contributed by atoms with Gasteiger partial charge in [0.1, 0.15) is 0 Å². The van der Waals surface area contributed by atoms with E-state index in [0.29, 0.717) is 28.2 Å². The molecule has 0 aliphatic heterocycles. The van der Waals surface area contributed by atoms with Crippen LogP contribution in [0.1, 0.15) is 10.4 Å². The fourth-order valence-corrected chi connectivity index (χ4v) is 2.57. The van der Waals surface area contributed by atoms with E-state index in [2.05, 4.69) is 15.2 Å². The Kier molecular flexibility index (Phi) is 4.74. The number of ether oxygens (including phenoxy) is 3. The molecule has 0 aliphatic carbocycles. The summed E-state index contributed by atoms with van der Waals surface area (Å²) in [7, 11) is 4.38. The maximum absolute atomic E-state index is 12.4. The predicted molar refractivity (Wildman–Crippen MR) is 94.9 cm³/mol. The summed E-state index contributed by atoms with van der Waals surface area (Å²) in [6.45, 7) is 0. The van der Waals surface area contributed by atoms with Crippen LogP contribution in [0.15, 0.2) is 46.6 Å². The van der Waals surface area contributed by atoms with Gasteiger partial charge in [-0.1, -0.05) is 18.2 Å². The quantitative estimate of drug-likeness (QED) is 0.677. The zero-order chi connectivity index (χ0) is 18.7. The van der Waals surface area contributed by atoms with Crippen LogP contribution < -0.4 is 14.2 Å². The molecule has 2 N–H and O–H groups in total. The maximum Gasteiger partial charge on any atom is 0.295 e. The van der Waals surface area contributed by atoms with E-state index in [-0.39, 0.29) is 17.1 Å². The van der Waals surface area contributed by atoms with Crippen molar-refractivity contribution in [2.24, 2.45) is 10.2 Å². The molecule has 3 rings (SSSR count). The monoisotopic (exact) mass is 355 g/mol. The zero-order valence-electron chi connectivity index (χ0n) is 14.4. The van der Waals surface area contributed by atoms with E-state index < -0.39 is 5.91 Å². The number of nitrogens with zero attached hydrogens (tertiary/aromatic N) is 2. The number of fused-ring (bicyclic) bond motifs is 1. The first-order chi connectivity index (χ1) is 12.6. The van der Waals surface area contributed by atoms with Crippen LogP contribution in [0.3, 0.4) is 0 Å². The lowest BCUT2D eigenvalue weighted by Crippen LogP contribution is -2.00. The summed E-state index contributed by atoms with van der Waals surface area (Å²) in [5.41, 5.74) is 1.10. The van der Waals surface area contributed by atoms with E-state index in [9.17, 15) is 9.90 Å². The molecule has 2 aromatic carbocycles. The molecular weight excluding hydrogens is 338 g/mol. The van der Waals surface area contributed by atoms with Gasteiger partial charge in [-0.3, -0.25) is 4.79 Å². The molecule has 0 unspecified atom stereocenters. The number of carbonyl (C=O) groups excluding carboxylic acids is 1. The lowest BCUT2D eigenvalue weighted by atomic mass is 10.1. The third-order valence-corrected chi connectivity index (χ3v) is 3.81. The second-order valence-electron chi connectivity index (χ2n) is 5.29. The SMILES string of the molecule is COc1cc(C(=O)N=Nc2c(O)[nH]c3ccccc23)cc(OC)c1OC. The van der Waals surface area contributed by atoms with Gasteiger partial charge in [0, 0.05) is 5.39 Å². The third-order valence-electron chi connectivity index (χ3n) is 3.81. The number of benzene rings is 2. The van der Waals surface area contributed by atoms with Crippen molar-refractivity contribution >= 4 is 22.5 Å². The van der Waals surface area contributed by atoms with Gasteiger partial charge in [-0.15, -0.1) is 10.2 Å². The van der Waals surface area contributed by atoms with Crippen molar-refractivity contribution in [2.45, 2.75) is 0 Å². The van der Waals surface area contributed by atoms with Crippen LogP contribution in [0.5, 0.6) is 23.1 Å². The molecule has 0 saturated carbocycles. The molecule has 0 spiro atoms. The number of aromatic nitrogens is 1. The first-order valence-corrected chi connectivity index (χ1v) is 7.64. The van der Waals surface area contributed by atoms with Crippen LogP contribution in [-0.4, -0.2) is 37.3 Å². The minimum atomic E-state index is -0.617. The summed E-state index contributed by atoms with van der Waals surface area (Å²) < 4.78 is 15.7. The number of hydrogen-bond acceptors (Lipinski definition) is 6. The van der Waals surface area contributed by atoms with Gasteiger partial charge in [0.25, 0.3) is 5.91 Å². The Labute approximate surface area is 149 Å². The Morgan fingerprint density at radius 1 is 1.04 bits per heavy atom. The van der Waals surface area contributed by atoms with Crippen molar-refractivity contribution in [1.29, 1.82) is 0 Å². The van der Waals surface area contributed by atoms with E-state index in [0.717, 1.165) is 0 Å². The van der Waals surface area contributed by atoms with Gasteiger partial charge in [0.15, 0.2) is 17.2 Å². The number of carbonyl (C=O) groups is 1. The molecule has 1 aromatic heterocycles. The summed E-state index contributed by atoms with van der Waals surface area (Å²) >= 11 is 0. The van der Waals surface area contributed by atoms with Crippen LogP contribution in [-0.2, 0) is 0 Å². The fraction of sp³-hybridized carbons (Fsp3) is 0.167. The number of H-pyrrole nitrogens is 1. The topological polar surface area (TPSA) is 106 Å². The number of rotatable bonds is 5. The molecule has 0 fully saturated rings. The van der Waals surface area contributed by atoms with Gasteiger partial charge in [-0.2, -0.15) is 0 Å². The number of hydrogen-bond donors (Lipinski definition) is 2. The predicted octanol–water partition coefficient (Wildman–Crippen LogP) is 3.82. The van der Waals surface area contributed by atoms with Gasteiger partial charge >= 0.3 is 0 Å². The van der Waals surface area contributed by atoms with Crippen molar-refractivity contribution in [2.75, 3.05) is 21.3 Å². The first kappa shape index (κ1) is 17.3. The number of aromatic hydroxyl groups is 1. The second-order valence-corrected chi connectivity index (χ2v) is 5.29. The molecule has 8 heteroatoms. The minimum absolute atomic E-state index is 0.160. The molecule has 3 aromatic rings. The van der Waals surface area contributed by atoms with Crippen molar-refractivity contribution < 1.29 is 24.1 Å². The Bertz CT molecular complexity index is 969. The van der Waals surface area contributed by atoms with Gasteiger partial charge in [0.05, 0.1) is 32.4 Å². The fourth-order valence-electron chi connectivity index (χ4n) is 2.57. The number of amides is 1. The Hall–Kier alpha value is -3.55. The molecule has 134 valence electrons. The van der Waals surface area contributed by atoms with Crippen LogP contribution in [0.2, 0.25) is 0 Å². The molecule has 0 radical (unpaired) electrons. The van der Waals surface area contributed by atoms with Crippen molar-refractivity contribution in [3.05, 3.63) is 42.0 Å². The number of methoxy groups -OCH3 is 3. The van der Waals surface area contributed by atoms with Crippen molar-refractivity contribution in [1.82, 2.24) is 4.98 Å². The normalized spacial score (nSPS) is 11.0. The second kappa shape index (κ2) is 7.14. The van der Waals surface area contributed by atoms with Crippen molar-refractivity contribution in [3.63, 3.8) is 0 Å². The van der Waals surface area contributed by atoms with Gasteiger partial charge in [0.2, 0.25) is 11.6 Å². The molecule has 26 heavy (non-hydrogen) atoms. The highest BCUT2D eigenvalue weighted by Crippen LogP contribution is 2.39. The average Bonchev–Trinajstić information content (AvgIpc) is 2.99. The van der Waals surface area contributed by atoms with Crippen molar-refractivity contribution in [3.8, 4) is 23.1 Å². The first-order valence-electron chi connectivity index (χ1n) is 7.64. The van der Waals surface area contributed by atoms with E-state index in [1.807, 2.05) is 6.07 Å². The highest BCUT2D eigenvalue weighted by Gasteiger charge is 2.17. The van der Waals surface area contributed by atoms with Crippen LogP contribution in [0.25, 0.3) is 10.9 Å². The van der Waals surface area contributed by atoms with E-state index in [1.54, 1.807) is 18.2 Å². The number of aromatic amines is 1. The summed E-state index contributed by atoms with van der Waals surface area (Å²) in [4.78, 5) is 15.2. The largest absolute Gasteiger partial charge is 0.493 e. The minimum Gasteiger partial charge on any atom is -0.493 e. The van der Waals surface area contributed by atoms with E-state index >= 15 is 0 Å². The Morgan fingerprint density at radius 3 is 2.31 bits per heavy atom. The third kappa shape index (κ3) is 3.04. The molecule has 0 aliphatic rings. The molecule has 0 bridgehead atoms. The summed E-state index contributed by atoms with van der Waals surface area (Å²) in [6, 6.07) is 10.1. The average molecular weight is 355 g/mol. The summed E-state index contributed by atoms with van der Waals surface area (Å²) in [5.74, 6) is 0.264. The maximum atomic E-state index is 12.4. The summed E-state index contributed by atoms with van der Waals surface area (Å²) in [6.07, 6.45) is 0. The Balaban J connectivity index is 1.97. The highest BCUT2D eigenvalue weighted by atomic mass is 16.5. The lowest BCUT2D eigenvalue weighted by Gasteiger charge is -2.12. The molecule has 8 nitrogen and oxygen atoms in total. The smallest absolute Gasteiger partial charge is 0.295 e. The van der Waals surface area contributed by atoms with Crippen LogP contribution >= 0.6 is 0 Å². The van der Waals surface area contributed by atoms with Gasteiger partial charge < -0.3 is 24.3 Å². The number of para-hydroxylation sites is 1. The lowest BCUT2D eigenvalue weighted by molar-refractivity contribution is 0.0994. The highest BCUT2D eigenvalue weighted by molar-refractivity contribution is 5.97. The molecule has 1 heterocycles. The molecule has 0 saturated heterocycles.